The van der Waals surface area contributed by atoms with Crippen molar-refractivity contribution in [1.29, 1.82) is 0 Å². The fourth-order valence-electron chi connectivity index (χ4n) is 1.82. The van der Waals surface area contributed by atoms with Crippen LogP contribution in [0.5, 0.6) is 0 Å². The molecule has 0 aliphatic heterocycles. The lowest BCUT2D eigenvalue weighted by atomic mass is 10.3. The molecular formula is C15H20N4O7S. The summed E-state index contributed by atoms with van der Waals surface area (Å²) < 4.78 is 31.5. The van der Waals surface area contributed by atoms with Crippen molar-refractivity contribution in [2.75, 3.05) is 5.32 Å². The van der Waals surface area contributed by atoms with Gasteiger partial charge in [-0.1, -0.05) is 0 Å². The second-order valence-corrected chi connectivity index (χ2v) is 7.20. The molecular weight excluding hydrogens is 380 g/mol. The minimum absolute atomic E-state index is 0.143. The van der Waals surface area contributed by atoms with Gasteiger partial charge in [-0.05, 0) is 38.1 Å². The third-order valence-corrected chi connectivity index (χ3v) is 4.64. The van der Waals surface area contributed by atoms with Gasteiger partial charge in [-0.15, -0.1) is 0 Å². The summed E-state index contributed by atoms with van der Waals surface area (Å²) in [6, 6.07) is 2.83. The van der Waals surface area contributed by atoms with Gasteiger partial charge in [0.15, 0.2) is 6.10 Å². The van der Waals surface area contributed by atoms with Gasteiger partial charge in [-0.25, -0.2) is 13.2 Å². The van der Waals surface area contributed by atoms with Crippen LogP contribution in [0.15, 0.2) is 29.2 Å². The zero-order valence-electron chi connectivity index (χ0n) is 14.8. The van der Waals surface area contributed by atoms with E-state index in [0.29, 0.717) is 5.69 Å². The topological polar surface area (TPSA) is 174 Å². The van der Waals surface area contributed by atoms with E-state index in [1.807, 2.05) is 0 Å². The van der Waals surface area contributed by atoms with Crippen LogP contribution < -0.4 is 21.1 Å². The number of imide groups is 1. The van der Waals surface area contributed by atoms with Gasteiger partial charge in [-0.3, -0.25) is 19.7 Å². The second kappa shape index (κ2) is 9.09. The molecule has 1 aromatic rings. The van der Waals surface area contributed by atoms with Gasteiger partial charge in [0.1, 0.15) is 6.04 Å². The highest BCUT2D eigenvalue weighted by Crippen LogP contribution is 2.14. The average Bonchev–Trinajstić information content (AvgIpc) is 2.53. The third-order valence-electron chi connectivity index (χ3n) is 3.08. The largest absolute Gasteiger partial charge is 0.451 e. The summed E-state index contributed by atoms with van der Waals surface area (Å²) in [5, 5.41) is 4.22. The smallest absolute Gasteiger partial charge is 0.324 e. The van der Waals surface area contributed by atoms with E-state index < -0.39 is 40.1 Å². The first-order chi connectivity index (χ1) is 12.4. The van der Waals surface area contributed by atoms with Crippen molar-refractivity contribution in [2.24, 2.45) is 5.73 Å². The van der Waals surface area contributed by atoms with E-state index >= 15 is 0 Å². The maximum absolute atomic E-state index is 12.3. The van der Waals surface area contributed by atoms with Gasteiger partial charge in [0.05, 0.1) is 4.90 Å². The lowest BCUT2D eigenvalue weighted by molar-refractivity contribution is -0.155. The van der Waals surface area contributed by atoms with Crippen molar-refractivity contribution in [1.82, 2.24) is 10.0 Å². The number of esters is 1. The monoisotopic (exact) mass is 400 g/mol. The summed E-state index contributed by atoms with van der Waals surface area (Å²) in [6.45, 7) is 3.73. The number of carbonyl (C=O) groups excluding carboxylic acids is 4. The molecule has 4 amide bonds. The number of nitrogens with one attached hydrogen (secondary N) is 3. The van der Waals surface area contributed by atoms with Crippen LogP contribution in [-0.2, 0) is 29.1 Å². The summed E-state index contributed by atoms with van der Waals surface area (Å²) >= 11 is 0. The fraction of sp³-hybridized carbons (Fsp3) is 0.333. The Morgan fingerprint density at radius 3 is 2.11 bits per heavy atom. The molecule has 0 aromatic heterocycles. The molecule has 0 radical (unpaired) electrons. The molecule has 0 aliphatic carbocycles. The summed E-state index contributed by atoms with van der Waals surface area (Å²) in [5.41, 5.74) is 5.19. The number of rotatable bonds is 7. The van der Waals surface area contributed by atoms with Crippen LogP contribution in [0.25, 0.3) is 0 Å². The quantitative estimate of drug-likeness (QED) is 0.444. The Morgan fingerprint density at radius 1 is 1.07 bits per heavy atom. The van der Waals surface area contributed by atoms with Crippen molar-refractivity contribution in [3.05, 3.63) is 24.3 Å². The minimum Gasteiger partial charge on any atom is -0.451 e. The number of nitrogens with two attached hydrogens (primary N) is 1. The molecule has 27 heavy (non-hydrogen) atoms. The normalized spacial score (nSPS) is 13.1. The van der Waals surface area contributed by atoms with E-state index in [-0.39, 0.29) is 10.8 Å². The lowest BCUT2D eigenvalue weighted by Gasteiger charge is -2.17. The predicted molar refractivity (Wildman–Crippen MR) is 93.8 cm³/mol. The van der Waals surface area contributed by atoms with Crippen LogP contribution in [0.1, 0.15) is 20.8 Å². The van der Waals surface area contributed by atoms with Gasteiger partial charge in [0.25, 0.3) is 5.91 Å². The molecule has 0 aliphatic rings. The van der Waals surface area contributed by atoms with Crippen molar-refractivity contribution in [3.8, 4) is 0 Å². The summed E-state index contributed by atoms with van der Waals surface area (Å²) in [5.74, 6) is -2.28. The number of hydrogen-bond acceptors (Lipinski definition) is 7. The number of amides is 4. The molecule has 0 heterocycles. The second-order valence-electron chi connectivity index (χ2n) is 5.48. The first-order valence-electron chi connectivity index (χ1n) is 7.63. The highest BCUT2D eigenvalue weighted by Gasteiger charge is 2.26. The van der Waals surface area contributed by atoms with Crippen LogP contribution in [0.3, 0.4) is 0 Å². The summed E-state index contributed by atoms with van der Waals surface area (Å²) in [7, 11) is -4.06. The molecule has 0 fully saturated rings. The third kappa shape index (κ3) is 7.03. The molecule has 0 bridgehead atoms. The Kier molecular flexibility index (Phi) is 7.43. The summed E-state index contributed by atoms with van der Waals surface area (Å²) in [6.07, 6.45) is -1.35. The van der Waals surface area contributed by atoms with E-state index in [0.717, 1.165) is 0 Å². The fourth-order valence-corrected chi connectivity index (χ4v) is 3.01. The highest BCUT2D eigenvalue weighted by molar-refractivity contribution is 7.89. The van der Waals surface area contributed by atoms with E-state index in [9.17, 15) is 27.6 Å². The molecule has 11 nitrogen and oxygen atoms in total. The van der Waals surface area contributed by atoms with Crippen LogP contribution in [0.4, 0.5) is 10.5 Å². The van der Waals surface area contributed by atoms with Gasteiger partial charge in [0, 0.05) is 12.6 Å². The molecule has 148 valence electrons. The molecule has 1 aromatic carbocycles. The molecule has 12 heteroatoms. The predicted octanol–water partition coefficient (Wildman–Crippen LogP) is -0.562. The molecule has 2 atom stereocenters. The number of carbonyl (C=O) groups is 4. The van der Waals surface area contributed by atoms with Crippen LogP contribution in [0.2, 0.25) is 0 Å². The van der Waals surface area contributed by atoms with Crippen LogP contribution in [0, 0.1) is 0 Å². The molecule has 1 rings (SSSR count). The number of anilines is 1. The van der Waals surface area contributed by atoms with Gasteiger partial charge < -0.3 is 15.8 Å². The molecule has 1 unspecified atom stereocenters. The maximum Gasteiger partial charge on any atom is 0.324 e. The molecule has 0 saturated heterocycles. The zero-order chi connectivity index (χ0) is 20.8. The standard InChI is InChI=1S/C15H20N4O7S/c1-8(14(22)26-9(2)13(21)18-15(16)23)19-27(24,25)12-6-4-11(5-7-12)17-10(3)20/h4-9,19H,1-3H3,(H,17,20)(H3,16,18,21,23)/t8-,9?/m0/s1. The molecule has 0 spiro atoms. The Labute approximate surface area is 155 Å². The SMILES string of the molecule is CC(=O)Nc1ccc(S(=O)(=O)N[C@@H](C)C(=O)OC(C)C(=O)NC(N)=O)cc1. The molecule has 5 N–H and O–H groups in total. The minimum atomic E-state index is -4.06. The van der Waals surface area contributed by atoms with E-state index in [1.165, 1.54) is 45.0 Å². The Bertz CT molecular complexity index is 836. The Morgan fingerprint density at radius 2 is 1.63 bits per heavy atom. The number of primary amides is 1. The number of ether oxygens (including phenoxy) is 1. The lowest BCUT2D eigenvalue weighted by Crippen LogP contribution is -2.45. The number of benzene rings is 1. The van der Waals surface area contributed by atoms with Gasteiger partial charge in [0.2, 0.25) is 15.9 Å². The van der Waals surface area contributed by atoms with Crippen molar-refractivity contribution in [2.45, 2.75) is 37.8 Å². The highest BCUT2D eigenvalue weighted by atomic mass is 32.2. The van der Waals surface area contributed by atoms with Crippen LogP contribution in [-0.4, -0.2) is 44.4 Å². The van der Waals surface area contributed by atoms with Crippen molar-refractivity contribution < 1.29 is 32.3 Å². The maximum atomic E-state index is 12.3. The first-order valence-corrected chi connectivity index (χ1v) is 9.11. The molecule has 0 saturated carbocycles. The Hall–Kier alpha value is -2.99. The number of urea groups is 1. The zero-order valence-corrected chi connectivity index (χ0v) is 15.6. The number of hydrogen-bond donors (Lipinski definition) is 4. The van der Waals surface area contributed by atoms with E-state index in [4.69, 9.17) is 10.5 Å². The van der Waals surface area contributed by atoms with Crippen LogP contribution >= 0.6 is 0 Å². The van der Waals surface area contributed by atoms with E-state index in [1.54, 1.807) is 5.32 Å². The first kappa shape index (κ1) is 22.1. The van der Waals surface area contributed by atoms with Crippen molar-refractivity contribution >= 4 is 39.5 Å². The summed E-state index contributed by atoms with van der Waals surface area (Å²) in [4.78, 5) is 44.8. The Balaban J connectivity index is 2.74. The average molecular weight is 400 g/mol. The number of sulfonamides is 1. The van der Waals surface area contributed by atoms with Gasteiger partial charge in [-0.2, -0.15) is 4.72 Å². The van der Waals surface area contributed by atoms with Gasteiger partial charge >= 0.3 is 12.0 Å². The van der Waals surface area contributed by atoms with Crippen molar-refractivity contribution in [3.63, 3.8) is 0 Å². The van der Waals surface area contributed by atoms with E-state index in [2.05, 4.69) is 10.0 Å².